The number of benzene rings is 2. The lowest BCUT2D eigenvalue weighted by Gasteiger charge is -2.31. The summed E-state index contributed by atoms with van der Waals surface area (Å²) in [6.07, 6.45) is 1.14. The molecule has 4 aromatic rings. The van der Waals surface area contributed by atoms with Crippen molar-refractivity contribution in [2.75, 3.05) is 33.2 Å². The molecule has 3 amide bonds. The minimum absolute atomic E-state index is 0.0113. The largest absolute Gasteiger partial charge is 0.460 e. The van der Waals surface area contributed by atoms with E-state index in [1.54, 1.807) is 52.6 Å². The van der Waals surface area contributed by atoms with Crippen molar-refractivity contribution in [3.05, 3.63) is 97.6 Å². The molecule has 0 fully saturated rings. The molecule has 3 atom stereocenters. The molecule has 372 valence electrons. The van der Waals surface area contributed by atoms with Crippen LogP contribution in [0.1, 0.15) is 118 Å². The average Bonchev–Trinajstić information content (AvgIpc) is 3.68. The molecule has 0 radical (unpaired) electrons. The van der Waals surface area contributed by atoms with Gasteiger partial charge in [0.25, 0.3) is 5.56 Å². The number of rotatable bonds is 20. The van der Waals surface area contributed by atoms with Crippen LogP contribution in [-0.4, -0.2) is 99.6 Å². The molecule has 2 aromatic heterocycles. The Hall–Kier alpha value is -6.66. The zero-order chi connectivity index (χ0) is 50.7. The van der Waals surface area contributed by atoms with E-state index >= 15 is 4.39 Å². The Bertz CT molecular complexity index is 2820. The summed E-state index contributed by atoms with van der Waals surface area (Å²) >= 11 is 0. The quantitative estimate of drug-likeness (QED) is 0.0807. The molecule has 7 rings (SSSR count). The fraction of sp³-hybridized carbons (Fsp3) is 0.481. The molecule has 70 heavy (non-hydrogen) atoms. The van der Waals surface area contributed by atoms with Crippen LogP contribution < -0.4 is 21.5 Å². The molecule has 0 spiro atoms. The maximum atomic E-state index is 15.4. The van der Waals surface area contributed by atoms with Crippen LogP contribution in [0, 0.1) is 18.7 Å². The molecule has 4 N–H and O–H groups in total. The van der Waals surface area contributed by atoms with Gasteiger partial charge < -0.3 is 35.1 Å². The fourth-order valence-corrected chi connectivity index (χ4v) is 9.62. The Kier molecular flexibility index (Phi) is 15.5. The highest BCUT2D eigenvalue weighted by Gasteiger charge is 2.46. The zero-order valence-electron chi connectivity index (χ0n) is 40.6. The first-order valence-corrected chi connectivity index (χ1v) is 23.8. The zero-order valence-corrected chi connectivity index (χ0v) is 40.6. The number of nitrogens with one attached hydrogen (secondary N) is 3. The van der Waals surface area contributed by atoms with E-state index in [4.69, 9.17) is 14.5 Å². The van der Waals surface area contributed by atoms with Crippen molar-refractivity contribution in [1.82, 2.24) is 30.4 Å². The van der Waals surface area contributed by atoms with Gasteiger partial charge in [-0.15, -0.1) is 0 Å². The van der Waals surface area contributed by atoms with E-state index in [0.717, 1.165) is 22.1 Å². The van der Waals surface area contributed by atoms with Crippen molar-refractivity contribution in [1.29, 1.82) is 0 Å². The number of esters is 2. The van der Waals surface area contributed by atoms with Gasteiger partial charge in [-0.1, -0.05) is 37.3 Å². The standard InChI is InChI=1S/C52H61FN6O11/c1-7-52(68)37-22-41-47-35(26-59(41)49(66)36(37)28-69-50(52)67)46-39(16-15-34-29(2)38(53)23-40(57-47)45(34)46)56-43(63)27-58(6)19-11-14-32(60)24-55-48(65)31(20-30-12-9-8-10-13-30)21-33(61)25-54-42(62)17-18-44(64)70-51(3,4)5/h8-10,12-13,22-23,31,39,68H,7,11,14-21,24-28H2,1-6H3,(H,54,62)(H,55,65)(H,56,63)/t31-,39+,52+/m1/s1. The maximum absolute atomic E-state index is 15.4. The number of fused-ring (bicyclic) bond motifs is 5. The molecule has 2 aromatic carbocycles. The van der Waals surface area contributed by atoms with Gasteiger partial charge in [-0.2, -0.15) is 0 Å². The van der Waals surface area contributed by atoms with Crippen LogP contribution in [0.3, 0.4) is 0 Å². The van der Waals surface area contributed by atoms with E-state index in [1.807, 2.05) is 30.3 Å². The molecule has 0 unspecified atom stereocenters. The second-order valence-corrected chi connectivity index (χ2v) is 19.6. The number of pyridine rings is 2. The lowest BCUT2D eigenvalue weighted by molar-refractivity contribution is -0.172. The summed E-state index contributed by atoms with van der Waals surface area (Å²) in [7, 11) is 1.75. The number of ketones is 2. The number of likely N-dealkylation sites (N-methyl/N-ethyl adjacent to an activating group) is 1. The smallest absolute Gasteiger partial charge is 0.343 e. The summed E-state index contributed by atoms with van der Waals surface area (Å²) in [5.74, 6) is -4.52. The van der Waals surface area contributed by atoms with Crippen LogP contribution in [0.4, 0.5) is 4.39 Å². The number of hydrogen-bond donors (Lipinski definition) is 4. The van der Waals surface area contributed by atoms with Gasteiger partial charge in [0, 0.05) is 47.8 Å². The fourth-order valence-electron chi connectivity index (χ4n) is 9.62. The molecule has 18 heteroatoms. The van der Waals surface area contributed by atoms with E-state index < -0.39 is 58.3 Å². The summed E-state index contributed by atoms with van der Waals surface area (Å²) < 4.78 is 27.4. The van der Waals surface area contributed by atoms with Gasteiger partial charge in [0.05, 0.1) is 61.1 Å². The van der Waals surface area contributed by atoms with Crippen LogP contribution in [-0.2, 0) is 74.6 Å². The molecule has 0 saturated heterocycles. The topological polar surface area (TPSA) is 232 Å². The minimum Gasteiger partial charge on any atom is -0.460 e. The number of nitrogens with zero attached hydrogens (tertiary/aromatic N) is 3. The molecule has 0 bridgehead atoms. The van der Waals surface area contributed by atoms with E-state index in [9.17, 15) is 43.5 Å². The number of aromatic nitrogens is 2. The Balaban J connectivity index is 0.938. The van der Waals surface area contributed by atoms with Gasteiger partial charge in [-0.25, -0.2) is 14.2 Å². The second-order valence-electron chi connectivity index (χ2n) is 19.6. The molecule has 3 aliphatic rings. The normalized spacial score (nSPS) is 17.2. The van der Waals surface area contributed by atoms with Crippen LogP contribution >= 0.6 is 0 Å². The first kappa shape index (κ1) is 51.2. The number of carbonyl (C=O) groups is 7. The third-order valence-electron chi connectivity index (χ3n) is 13.2. The molecule has 0 saturated carbocycles. The predicted molar refractivity (Wildman–Crippen MR) is 255 cm³/mol. The third kappa shape index (κ3) is 11.3. The average molecular weight is 965 g/mol. The summed E-state index contributed by atoms with van der Waals surface area (Å²) in [6.45, 7) is 8.10. The molecular weight excluding hydrogens is 904 g/mol. The number of ether oxygens (including phenoxy) is 2. The number of aliphatic hydroxyl groups is 1. The summed E-state index contributed by atoms with van der Waals surface area (Å²) in [6, 6.07) is 11.6. The first-order chi connectivity index (χ1) is 33.2. The molecule has 4 heterocycles. The van der Waals surface area contributed by atoms with E-state index in [1.165, 1.54) is 10.6 Å². The SMILES string of the molecule is CC[C@@]1(O)C(=O)OCc2c1cc1n(c2=O)Cc2c-1nc1cc(F)c(C)c3c1c2[C@@H](NC(=O)CN(C)CCCC(=O)CNC(=O)[C@@H](CC(=O)CNC(=O)CCC(=O)OC(C)(C)C)Cc1ccccc1)CC3. The van der Waals surface area contributed by atoms with E-state index in [0.29, 0.717) is 53.8 Å². The highest BCUT2D eigenvalue weighted by molar-refractivity contribution is 5.95. The highest BCUT2D eigenvalue weighted by atomic mass is 19.1. The van der Waals surface area contributed by atoms with Crippen LogP contribution in [0.25, 0.3) is 22.3 Å². The van der Waals surface area contributed by atoms with E-state index in [-0.39, 0.29) is 99.9 Å². The number of Topliss-reactive ketones (excluding diaryl/α,β-unsaturated/α-hetero) is 2. The van der Waals surface area contributed by atoms with Crippen molar-refractivity contribution in [3.63, 3.8) is 0 Å². The Morgan fingerprint density at radius 3 is 2.43 bits per heavy atom. The molecule has 1 aliphatic carbocycles. The molecule has 17 nitrogen and oxygen atoms in total. The maximum Gasteiger partial charge on any atom is 0.343 e. The highest BCUT2D eigenvalue weighted by Crippen LogP contribution is 2.46. The molecular formula is C52H61FN6O11. The first-order valence-electron chi connectivity index (χ1n) is 23.8. The molecule has 2 aliphatic heterocycles. The summed E-state index contributed by atoms with van der Waals surface area (Å²) in [4.78, 5) is 111. The Morgan fingerprint density at radius 2 is 1.71 bits per heavy atom. The lowest BCUT2D eigenvalue weighted by atomic mass is 9.81. The minimum atomic E-state index is -2.02. The number of amides is 3. The monoisotopic (exact) mass is 964 g/mol. The number of cyclic esters (lactones) is 1. The van der Waals surface area contributed by atoms with Crippen molar-refractivity contribution >= 4 is 52.1 Å². The van der Waals surface area contributed by atoms with Crippen molar-refractivity contribution in [2.45, 2.75) is 123 Å². The van der Waals surface area contributed by atoms with Gasteiger partial charge >= 0.3 is 11.9 Å². The van der Waals surface area contributed by atoms with Crippen LogP contribution in [0.15, 0.2) is 47.3 Å². The van der Waals surface area contributed by atoms with Gasteiger partial charge in [-0.05, 0) is 102 Å². The van der Waals surface area contributed by atoms with E-state index in [2.05, 4.69) is 16.0 Å². The Labute approximate surface area is 404 Å². The summed E-state index contributed by atoms with van der Waals surface area (Å²) in [5.41, 5.74) is 1.83. The number of aryl methyl sites for hydroxylation is 1. The van der Waals surface area contributed by atoms with Gasteiger partial charge in [-0.3, -0.25) is 38.5 Å². The van der Waals surface area contributed by atoms with Gasteiger partial charge in [0.2, 0.25) is 17.7 Å². The lowest BCUT2D eigenvalue weighted by Crippen LogP contribution is -2.44. The van der Waals surface area contributed by atoms with Crippen LogP contribution in [0.2, 0.25) is 0 Å². The third-order valence-corrected chi connectivity index (χ3v) is 13.2. The predicted octanol–water partition coefficient (Wildman–Crippen LogP) is 4.08. The van der Waals surface area contributed by atoms with Crippen molar-refractivity contribution in [2.24, 2.45) is 5.92 Å². The number of hydrogen-bond acceptors (Lipinski definition) is 13. The van der Waals surface area contributed by atoms with Crippen LogP contribution in [0.5, 0.6) is 0 Å². The van der Waals surface area contributed by atoms with Gasteiger partial charge in [0.1, 0.15) is 18.0 Å². The second kappa shape index (κ2) is 21.1. The van der Waals surface area contributed by atoms with Crippen molar-refractivity contribution < 1.29 is 52.5 Å². The van der Waals surface area contributed by atoms with Gasteiger partial charge in [0.15, 0.2) is 17.2 Å². The number of carbonyl (C=O) groups excluding carboxylic acids is 7. The summed E-state index contributed by atoms with van der Waals surface area (Å²) in [5, 5.41) is 20.5. The van der Waals surface area contributed by atoms with Crippen molar-refractivity contribution in [3.8, 4) is 11.4 Å². The Morgan fingerprint density at radius 1 is 0.986 bits per heavy atom. The number of halogens is 1.